The van der Waals surface area contributed by atoms with Gasteiger partial charge in [0.1, 0.15) is 17.2 Å². The number of H-pyrrole nitrogens is 1. The molecule has 2 rings (SSSR count). The van der Waals surface area contributed by atoms with Crippen molar-refractivity contribution in [3.05, 3.63) is 50.1 Å². The Morgan fingerprint density at radius 3 is 2.74 bits per heavy atom. The maximum absolute atomic E-state index is 13.9. The van der Waals surface area contributed by atoms with Gasteiger partial charge in [-0.25, -0.2) is 14.2 Å². The Balaban J connectivity index is 2.69. The predicted molar refractivity (Wildman–Crippen MR) is 69.6 cm³/mol. The molecule has 2 aromatic rings. The molecular formula is C12H8BrFN2O3. The first kappa shape index (κ1) is 13.4. The highest BCUT2D eigenvalue weighted by Gasteiger charge is 2.17. The monoisotopic (exact) mass is 326 g/mol. The van der Waals surface area contributed by atoms with E-state index in [0.717, 1.165) is 0 Å². The highest BCUT2D eigenvalue weighted by Crippen LogP contribution is 2.25. The number of aromatic carboxylic acids is 1. The molecule has 2 N–H and O–H groups in total. The molecular weight excluding hydrogens is 319 g/mol. The summed E-state index contributed by atoms with van der Waals surface area (Å²) < 4.78 is 14.1. The third-order valence-corrected chi connectivity index (χ3v) is 3.13. The summed E-state index contributed by atoms with van der Waals surface area (Å²) in [5, 5.41) is 8.87. The molecule has 0 aliphatic rings. The lowest BCUT2D eigenvalue weighted by atomic mass is 10.1. The average molecular weight is 327 g/mol. The maximum Gasteiger partial charge on any atom is 0.343 e. The van der Waals surface area contributed by atoms with E-state index in [4.69, 9.17) is 5.11 Å². The van der Waals surface area contributed by atoms with Gasteiger partial charge in [-0.3, -0.25) is 4.79 Å². The number of hydrogen-bond acceptors (Lipinski definition) is 3. The number of carbonyl (C=O) groups is 1. The zero-order valence-electron chi connectivity index (χ0n) is 9.70. The molecule has 5 nitrogen and oxygen atoms in total. The Bertz CT molecular complexity index is 727. The lowest BCUT2D eigenvalue weighted by Gasteiger charge is -2.06. The second-order valence-electron chi connectivity index (χ2n) is 3.78. The lowest BCUT2D eigenvalue weighted by Crippen LogP contribution is -2.21. The zero-order valence-corrected chi connectivity index (χ0v) is 11.3. The highest BCUT2D eigenvalue weighted by molar-refractivity contribution is 9.10. The van der Waals surface area contributed by atoms with Gasteiger partial charge in [0.05, 0.1) is 15.7 Å². The minimum Gasteiger partial charge on any atom is -0.477 e. The van der Waals surface area contributed by atoms with Crippen LogP contribution in [0.1, 0.15) is 16.1 Å². The molecule has 1 aromatic heterocycles. The predicted octanol–water partition coefficient (Wildman–Crippen LogP) is 2.35. The van der Waals surface area contributed by atoms with Crippen LogP contribution in [0.5, 0.6) is 0 Å². The number of aromatic nitrogens is 2. The smallest absolute Gasteiger partial charge is 0.343 e. The summed E-state index contributed by atoms with van der Waals surface area (Å²) in [4.78, 5) is 28.7. The van der Waals surface area contributed by atoms with Gasteiger partial charge in [-0.15, -0.1) is 0 Å². The number of carboxylic acids is 1. The molecule has 98 valence electrons. The van der Waals surface area contributed by atoms with Crippen LogP contribution in [0.2, 0.25) is 0 Å². The topological polar surface area (TPSA) is 83.0 Å². The third kappa shape index (κ3) is 2.41. The summed E-state index contributed by atoms with van der Waals surface area (Å²) in [6.07, 6.45) is 0. The van der Waals surface area contributed by atoms with Crippen LogP contribution in [0.3, 0.4) is 0 Å². The second-order valence-corrected chi connectivity index (χ2v) is 4.64. The molecule has 0 saturated carbocycles. The number of carboxylic acid groups (broad SMARTS) is 1. The molecule has 0 amide bonds. The molecule has 19 heavy (non-hydrogen) atoms. The van der Waals surface area contributed by atoms with E-state index in [2.05, 4.69) is 25.9 Å². The minimum absolute atomic E-state index is 0.00806. The van der Waals surface area contributed by atoms with Crippen LogP contribution >= 0.6 is 15.9 Å². The van der Waals surface area contributed by atoms with Gasteiger partial charge in [0.15, 0.2) is 0 Å². The van der Waals surface area contributed by atoms with Crippen molar-refractivity contribution in [2.45, 2.75) is 6.92 Å². The maximum atomic E-state index is 13.9. The van der Waals surface area contributed by atoms with Gasteiger partial charge < -0.3 is 10.1 Å². The van der Waals surface area contributed by atoms with Gasteiger partial charge in [0, 0.05) is 0 Å². The normalized spacial score (nSPS) is 10.5. The summed E-state index contributed by atoms with van der Waals surface area (Å²) in [5.74, 6) is -1.95. The average Bonchev–Trinajstić information content (AvgIpc) is 2.31. The number of aryl methyl sites for hydroxylation is 1. The van der Waals surface area contributed by atoms with Crippen molar-refractivity contribution in [2.24, 2.45) is 0 Å². The van der Waals surface area contributed by atoms with E-state index in [1.165, 1.54) is 19.1 Å². The van der Waals surface area contributed by atoms with Crippen molar-refractivity contribution in [1.82, 2.24) is 9.97 Å². The van der Waals surface area contributed by atoms with Gasteiger partial charge in [-0.1, -0.05) is 6.07 Å². The number of halogens is 2. The molecule has 0 aliphatic carbocycles. The number of rotatable bonds is 2. The van der Waals surface area contributed by atoms with Crippen LogP contribution in [0.4, 0.5) is 4.39 Å². The van der Waals surface area contributed by atoms with Gasteiger partial charge >= 0.3 is 5.97 Å². The quantitative estimate of drug-likeness (QED) is 0.887. The molecule has 0 spiro atoms. The number of nitrogens with one attached hydrogen (secondary N) is 1. The Labute approximate surface area is 115 Å². The van der Waals surface area contributed by atoms with Gasteiger partial charge in [0.25, 0.3) is 5.56 Å². The van der Waals surface area contributed by atoms with Crippen LogP contribution in [0, 0.1) is 12.7 Å². The summed E-state index contributed by atoms with van der Waals surface area (Å²) in [6.45, 7) is 1.39. The molecule has 0 bridgehead atoms. The Morgan fingerprint density at radius 1 is 1.47 bits per heavy atom. The summed E-state index contributed by atoms with van der Waals surface area (Å²) >= 11 is 3.03. The van der Waals surface area contributed by atoms with Crippen molar-refractivity contribution in [3.63, 3.8) is 0 Å². The molecule has 0 aliphatic heterocycles. The molecule has 1 heterocycles. The summed E-state index contributed by atoms with van der Waals surface area (Å²) in [5.41, 5.74) is -1.13. The molecule has 0 fully saturated rings. The van der Waals surface area contributed by atoms with E-state index >= 15 is 0 Å². The van der Waals surface area contributed by atoms with E-state index in [0.29, 0.717) is 0 Å². The van der Waals surface area contributed by atoms with Gasteiger partial charge in [-0.2, -0.15) is 0 Å². The number of aromatic amines is 1. The van der Waals surface area contributed by atoms with Crippen LogP contribution in [-0.4, -0.2) is 21.0 Å². The Morgan fingerprint density at radius 2 is 2.16 bits per heavy atom. The Kier molecular flexibility index (Phi) is 3.48. The van der Waals surface area contributed by atoms with Gasteiger partial charge in [-0.05, 0) is 35.0 Å². The first-order chi connectivity index (χ1) is 8.91. The van der Waals surface area contributed by atoms with Gasteiger partial charge in [0.2, 0.25) is 0 Å². The zero-order chi connectivity index (χ0) is 14.2. The SMILES string of the molecule is Cc1nc(-c2cccc(Br)c2F)[nH]c(=O)c1C(=O)O. The summed E-state index contributed by atoms with van der Waals surface area (Å²) in [6, 6.07) is 4.54. The first-order valence-electron chi connectivity index (χ1n) is 5.20. The second kappa shape index (κ2) is 4.93. The van der Waals surface area contributed by atoms with Crippen LogP contribution in [0.25, 0.3) is 11.4 Å². The van der Waals surface area contributed by atoms with Crippen molar-refractivity contribution >= 4 is 21.9 Å². The third-order valence-electron chi connectivity index (χ3n) is 2.52. The molecule has 7 heteroatoms. The molecule has 0 unspecified atom stereocenters. The summed E-state index contributed by atoms with van der Waals surface area (Å²) in [7, 11) is 0. The molecule has 1 aromatic carbocycles. The van der Waals surface area contributed by atoms with Crippen molar-refractivity contribution in [2.75, 3.05) is 0 Å². The first-order valence-corrected chi connectivity index (χ1v) is 5.99. The van der Waals surface area contributed by atoms with Crippen LogP contribution < -0.4 is 5.56 Å². The fraction of sp³-hybridized carbons (Fsp3) is 0.0833. The molecule has 0 saturated heterocycles. The largest absolute Gasteiger partial charge is 0.477 e. The Hall–Kier alpha value is -2.02. The number of nitrogens with zero attached hydrogens (tertiary/aromatic N) is 1. The van der Waals surface area contributed by atoms with E-state index in [1.807, 2.05) is 0 Å². The number of benzene rings is 1. The van der Waals surface area contributed by atoms with Crippen molar-refractivity contribution in [3.8, 4) is 11.4 Å². The van der Waals surface area contributed by atoms with Crippen molar-refractivity contribution < 1.29 is 14.3 Å². The van der Waals surface area contributed by atoms with E-state index in [1.54, 1.807) is 6.07 Å². The molecule has 0 radical (unpaired) electrons. The fourth-order valence-electron chi connectivity index (χ4n) is 1.65. The lowest BCUT2D eigenvalue weighted by molar-refractivity contribution is 0.0693. The standard InChI is InChI=1S/C12H8BrFN2O3/c1-5-8(12(18)19)11(17)16-10(15-5)6-3-2-4-7(13)9(6)14/h2-4H,1H3,(H,18,19)(H,15,16,17). The molecule has 0 atom stereocenters. The van der Waals surface area contributed by atoms with Crippen LogP contribution in [-0.2, 0) is 0 Å². The number of hydrogen-bond donors (Lipinski definition) is 2. The van der Waals surface area contributed by atoms with E-state index in [-0.39, 0.29) is 21.6 Å². The fourth-order valence-corrected chi connectivity index (χ4v) is 2.02. The van der Waals surface area contributed by atoms with Crippen molar-refractivity contribution in [1.29, 1.82) is 0 Å². The van der Waals surface area contributed by atoms with E-state index < -0.39 is 22.9 Å². The highest BCUT2D eigenvalue weighted by atomic mass is 79.9. The van der Waals surface area contributed by atoms with Crippen LogP contribution in [0.15, 0.2) is 27.5 Å². The minimum atomic E-state index is -1.37. The van der Waals surface area contributed by atoms with E-state index in [9.17, 15) is 14.0 Å².